The Bertz CT molecular complexity index is 935. The van der Waals surface area contributed by atoms with Crippen molar-refractivity contribution in [1.29, 1.82) is 0 Å². The van der Waals surface area contributed by atoms with E-state index in [1.165, 1.54) is 11.8 Å². The number of anilines is 2. The first kappa shape index (κ1) is 19.8. The highest BCUT2D eigenvalue weighted by Gasteiger charge is 2.23. The second-order valence-corrected chi connectivity index (χ2v) is 7.82. The van der Waals surface area contributed by atoms with E-state index in [9.17, 15) is 13.2 Å². The average molecular weight is 376 g/mol. The first-order chi connectivity index (χ1) is 12.1. The summed E-state index contributed by atoms with van der Waals surface area (Å²) in [4.78, 5) is 13.1. The van der Waals surface area contributed by atoms with Crippen LogP contribution in [0.4, 0.5) is 11.4 Å². The molecule has 140 valence electrons. The Labute approximate surface area is 154 Å². The first-order valence-corrected chi connectivity index (χ1v) is 9.58. The third-order valence-corrected chi connectivity index (χ3v) is 6.12. The van der Waals surface area contributed by atoms with Gasteiger partial charge >= 0.3 is 0 Å². The zero-order valence-electron chi connectivity index (χ0n) is 15.9. The van der Waals surface area contributed by atoms with Gasteiger partial charge in [-0.3, -0.25) is 9.52 Å². The van der Waals surface area contributed by atoms with Crippen LogP contribution in [-0.2, 0) is 14.8 Å². The summed E-state index contributed by atoms with van der Waals surface area (Å²) in [6, 6.07) is 8.37. The second-order valence-electron chi connectivity index (χ2n) is 6.21. The van der Waals surface area contributed by atoms with Gasteiger partial charge in [-0.2, -0.15) is 0 Å². The minimum Gasteiger partial charge on any atom is -0.496 e. The second kappa shape index (κ2) is 7.37. The van der Waals surface area contributed by atoms with Gasteiger partial charge in [0.05, 0.1) is 12.0 Å². The fraction of sp³-hybridized carbons (Fsp3) is 0.316. The maximum atomic E-state index is 12.9. The van der Waals surface area contributed by atoms with Crippen molar-refractivity contribution in [2.75, 3.05) is 23.8 Å². The molecule has 0 aliphatic heterocycles. The van der Waals surface area contributed by atoms with Crippen LogP contribution in [0.3, 0.4) is 0 Å². The Morgan fingerprint density at radius 2 is 1.65 bits per heavy atom. The number of benzene rings is 2. The van der Waals surface area contributed by atoms with Gasteiger partial charge in [-0.1, -0.05) is 0 Å². The molecular weight excluding hydrogens is 352 g/mol. The number of sulfonamides is 1. The number of nitrogens with one attached hydrogen (secondary N) is 1. The van der Waals surface area contributed by atoms with Crippen LogP contribution in [0.2, 0.25) is 0 Å². The lowest BCUT2D eigenvalue weighted by atomic mass is 10.1. The Hall–Kier alpha value is -2.54. The Morgan fingerprint density at radius 3 is 2.15 bits per heavy atom. The largest absolute Gasteiger partial charge is 0.496 e. The van der Waals surface area contributed by atoms with Gasteiger partial charge in [-0.25, -0.2) is 8.42 Å². The summed E-state index contributed by atoms with van der Waals surface area (Å²) in [6.45, 7) is 6.81. The van der Waals surface area contributed by atoms with Crippen molar-refractivity contribution in [3.63, 3.8) is 0 Å². The minimum atomic E-state index is -3.76. The van der Waals surface area contributed by atoms with Crippen LogP contribution in [-0.4, -0.2) is 28.5 Å². The lowest BCUT2D eigenvalue weighted by Gasteiger charge is -2.18. The van der Waals surface area contributed by atoms with Gasteiger partial charge in [-0.15, -0.1) is 0 Å². The third kappa shape index (κ3) is 3.83. The van der Waals surface area contributed by atoms with Crippen LogP contribution in [0.1, 0.15) is 23.6 Å². The van der Waals surface area contributed by atoms with E-state index in [0.717, 1.165) is 5.56 Å². The van der Waals surface area contributed by atoms with Gasteiger partial charge in [0.1, 0.15) is 5.75 Å². The average Bonchev–Trinajstić information content (AvgIpc) is 2.57. The van der Waals surface area contributed by atoms with Crippen LogP contribution in [0, 0.1) is 20.8 Å². The number of aryl methyl sites for hydroxylation is 1. The number of hydrogen-bond acceptors (Lipinski definition) is 4. The Morgan fingerprint density at radius 1 is 1.08 bits per heavy atom. The summed E-state index contributed by atoms with van der Waals surface area (Å²) < 4.78 is 33.7. The Kier molecular flexibility index (Phi) is 5.61. The zero-order valence-corrected chi connectivity index (χ0v) is 16.7. The van der Waals surface area contributed by atoms with Crippen molar-refractivity contribution in [3.05, 3.63) is 47.0 Å². The van der Waals surface area contributed by atoms with E-state index >= 15 is 0 Å². The molecule has 0 saturated heterocycles. The smallest absolute Gasteiger partial charge is 0.262 e. The van der Waals surface area contributed by atoms with Crippen molar-refractivity contribution >= 4 is 27.3 Å². The van der Waals surface area contributed by atoms with Crippen LogP contribution >= 0.6 is 0 Å². The van der Waals surface area contributed by atoms with E-state index in [4.69, 9.17) is 4.74 Å². The fourth-order valence-corrected chi connectivity index (χ4v) is 4.38. The summed E-state index contributed by atoms with van der Waals surface area (Å²) in [5.41, 5.74) is 3.18. The molecule has 0 spiro atoms. The Balaban J connectivity index is 2.38. The van der Waals surface area contributed by atoms with Gasteiger partial charge in [0.25, 0.3) is 10.0 Å². The summed E-state index contributed by atoms with van der Waals surface area (Å²) in [5, 5.41) is 0. The number of ether oxygens (including phenoxy) is 1. The zero-order chi connectivity index (χ0) is 19.6. The number of methoxy groups -OCH3 is 1. The van der Waals surface area contributed by atoms with Gasteiger partial charge in [0.2, 0.25) is 5.91 Å². The molecule has 2 rings (SSSR count). The number of rotatable bonds is 5. The molecule has 2 aromatic rings. The predicted molar refractivity (Wildman–Crippen MR) is 104 cm³/mol. The molecular formula is C19H24N2O4S. The van der Waals surface area contributed by atoms with Gasteiger partial charge in [0.15, 0.2) is 0 Å². The number of hydrogen-bond donors (Lipinski definition) is 1. The lowest BCUT2D eigenvalue weighted by molar-refractivity contribution is -0.116. The maximum absolute atomic E-state index is 12.9. The minimum absolute atomic E-state index is 0.0988. The molecule has 0 aliphatic rings. The normalized spacial score (nSPS) is 11.2. The van der Waals surface area contributed by atoms with E-state index < -0.39 is 10.0 Å². The van der Waals surface area contributed by atoms with Crippen LogP contribution in [0.5, 0.6) is 5.75 Å². The number of amides is 1. The first-order valence-electron chi connectivity index (χ1n) is 8.10. The van der Waals surface area contributed by atoms with E-state index in [1.807, 2.05) is 6.92 Å². The van der Waals surface area contributed by atoms with Crippen molar-refractivity contribution < 1.29 is 17.9 Å². The molecule has 0 saturated carbocycles. The molecule has 0 aromatic heterocycles. The highest BCUT2D eigenvalue weighted by atomic mass is 32.2. The van der Waals surface area contributed by atoms with Crippen molar-refractivity contribution in [2.45, 2.75) is 32.6 Å². The summed E-state index contributed by atoms with van der Waals surface area (Å²) in [7, 11) is -0.534. The molecule has 1 N–H and O–H groups in total. The summed E-state index contributed by atoms with van der Waals surface area (Å²) >= 11 is 0. The molecule has 0 aliphatic carbocycles. The van der Waals surface area contributed by atoms with Crippen LogP contribution < -0.4 is 14.4 Å². The highest BCUT2D eigenvalue weighted by Crippen LogP contribution is 2.31. The summed E-state index contributed by atoms with van der Waals surface area (Å²) in [5.74, 6) is 0.564. The molecule has 1 amide bonds. The van der Waals surface area contributed by atoms with E-state index in [-0.39, 0.29) is 10.8 Å². The fourth-order valence-electron chi connectivity index (χ4n) is 2.79. The predicted octanol–water partition coefficient (Wildman–Crippen LogP) is 3.40. The molecule has 26 heavy (non-hydrogen) atoms. The van der Waals surface area contributed by atoms with Crippen LogP contribution in [0.25, 0.3) is 0 Å². The maximum Gasteiger partial charge on any atom is 0.262 e. The molecule has 2 aromatic carbocycles. The summed E-state index contributed by atoms with van der Waals surface area (Å²) in [6.07, 6.45) is 0. The SMILES string of the molecule is COc1cc(C)c(S(=O)(=O)Nc2ccc(N(C)C(C)=O)cc2)c(C)c1C. The van der Waals surface area contributed by atoms with Gasteiger partial charge in [0, 0.05) is 25.3 Å². The third-order valence-electron chi connectivity index (χ3n) is 4.45. The monoisotopic (exact) mass is 376 g/mol. The van der Waals surface area contributed by atoms with Crippen molar-refractivity contribution in [2.24, 2.45) is 0 Å². The number of nitrogens with zero attached hydrogens (tertiary/aromatic N) is 1. The number of carbonyl (C=O) groups excluding carboxylic acids is 1. The topological polar surface area (TPSA) is 75.7 Å². The molecule has 0 unspecified atom stereocenters. The molecule has 0 atom stereocenters. The van der Waals surface area contributed by atoms with E-state index in [0.29, 0.717) is 28.3 Å². The lowest BCUT2D eigenvalue weighted by Crippen LogP contribution is -2.22. The molecule has 0 heterocycles. The van der Waals surface area contributed by atoms with Crippen molar-refractivity contribution in [1.82, 2.24) is 0 Å². The standard InChI is InChI=1S/C19H24N2O4S/c1-12-11-18(25-6)13(2)14(3)19(12)26(23,24)20-16-7-9-17(10-8-16)21(5)15(4)22/h7-11,20H,1-6H3. The molecule has 0 bridgehead atoms. The van der Waals surface area contributed by atoms with Gasteiger partial charge in [-0.05, 0) is 67.8 Å². The molecule has 6 nitrogen and oxygen atoms in total. The molecule has 0 radical (unpaired) electrons. The van der Waals surface area contributed by atoms with Gasteiger partial charge < -0.3 is 9.64 Å². The number of carbonyl (C=O) groups is 1. The van der Waals surface area contributed by atoms with E-state index in [1.54, 1.807) is 58.3 Å². The van der Waals surface area contributed by atoms with Crippen LogP contribution in [0.15, 0.2) is 35.2 Å². The highest BCUT2D eigenvalue weighted by molar-refractivity contribution is 7.92. The van der Waals surface area contributed by atoms with Crippen molar-refractivity contribution in [3.8, 4) is 5.75 Å². The molecule has 7 heteroatoms. The molecule has 0 fully saturated rings. The quantitative estimate of drug-likeness (QED) is 0.868. The van der Waals surface area contributed by atoms with E-state index in [2.05, 4.69) is 4.72 Å².